The van der Waals surface area contributed by atoms with Crippen LogP contribution in [0.25, 0.3) is 0 Å². The molecule has 0 amide bonds. The molecule has 6 nitrogen and oxygen atoms in total. The maximum Gasteiger partial charge on any atom is 0.310 e. The summed E-state index contributed by atoms with van der Waals surface area (Å²) in [5.74, 6) is -2.03. The van der Waals surface area contributed by atoms with Gasteiger partial charge in [0, 0.05) is 7.05 Å². The van der Waals surface area contributed by atoms with Gasteiger partial charge in [-0.15, -0.1) is 0 Å². The summed E-state index contributed by atoms with van der Waals surface area (Å²) in [5, 5.41) is 9.10. The van der Waals surface area contributed by atoms with Gasteiger partial charge in [0.1, 0.15) is 4.90 Å². The molecule has 1 aliphatic rings. The van der Waals surface area contributed by atoms with Crippen LogP contribution in [0.5, 0.6) is 0 Å². The second-order valence-electron chi connectivity index (χ2n) is 4.62. The van der Waals surface area contributed by atoms with E-state index in [1.807, 2.05) is 0 Å². The van der Waals surface area contributed by atoms with E-state index in [1.165, 1.54) is 25.2 Å². The summed E-state index contributed by atoms with van der Waals surface area (Å²) in [7, 11) is -2.73. The number of hydrogen-bond donors (Lipinski definition) is 1. The Labute approximate surface area is 132 Å². The van der Waals surface area contributed by atoms with Gasteiger partial charge in [-0.1, -0.05) is 29.3 Å². The van der Waals surface area contributed by atoms with E-state index in [0.717, 1.165) is 4.31 Å². The van der Waals surface area contributed by atoms with Crippen LogP contribution in [0.1, 0.15) is 0 Å². The highest BCUT2D eigenvalue weighted by atomic mass is 35.5. The topological polar surface area (TPSA) is 83.9 Å². The van der Waals surface area contributed by atoms with E-state index in [4.69, 9.17) is 33.0 Å². The number of aliphatic carboxylic acids is 1. The first-order valence-corrected chi connectivity index (χ1v) is 8.19. The Kier molecular flexibility index (Phi) is 4.79. The average Bonchev–Trinajstić information content (AvgIpc) is 2.86. The van der Waals surface area contributed by atoms with E-state index < -0.39 is 28.0 Å². The van der Waals surface area contributed by atoms with Crippen LogP contribution in [0.3, 0.4) is 0 Å². The molecule has 0 bridgehead atoms. The van der Waals surface area contributed by atoms with Gasteiger partial charge in [0.15, 0.2) is 0 Å². The first-order chi connectivity index (χ1) is 9.76. The van der Waals surface area contributed by atoms with Crippen molar-refractivity contribution in [2.75, 3.05) is 20.3 Å². The zero-order valence-corrected chi connectivity index (χ0v) is 13.3. The van der Waals surface area contributed by atoms with Gasteiger partial charge < -0.3 is 9.84 Å². The Morgan fingerprint density at radius 3 is 2.43 bits per heavy atom. The SMILES string of the molecule is CN(C1COCC1C(=O)O)S(=O)(=O)c1c(Cl)cccc1Cl. The highest BCUT2D eigenvalue weighted by Gasteiger charge is 2.42. The van der Waals surface area contributed by atoms with Gasteiger partial charge in [-0.2, -0.15) is 4.31 Å². The quantitative estimate of drug-likeness (QED) is 0.890. The van der Waals surface area contributed by atoms with Gasteiger partial charge in [-0.3, -0.25) is 4.79 Å². The number of hydrogen-bond acceptors (Lipinski definition) is 4. The van der Waals surface area contributed by atoms with Crippen molar-refractivity contribution in [1.82, 2.24) is 4.31 Å². The molecular weight excluding hydrogens is 341 g/mol. The van der Waals surface area contributed by atoms with Gasteiger partial charge in [0.2, 0.25) is 10.0 Å². The standard InChI is InChI=1S/C12H13Cl2NO5S/c1-15(10-6-20-5-7(10)12(16)17)21(18,19)11-8(13)3-2-4-9(11)14/h2-4,7,10H,5-6H2,1H3,(H,16,17). The summed E-state index contributed by atoms with van der Waals surface area (Å²) >= 11 is 11.9. The number of rotatable bonds is 4. The molecule has 0 aromatic heterocycles. The van der Waals surface area contributed by atoms with Crippen LogP contribution in [0, 0.1) is 5.92 Å². The molecular formula is C12H13Cl2NO5S. The summed E-state index contributed by atoms with van der Waals surface area (Å²) in [5.41, 5.74) is 0. The lowest BCUT2D eigenvalue weighted by molar-refractivity contribution is -0.142. The van der Waals surface area contributed by atoms with E-state index >= 15 is 0 Å². The van der Waals surface area contributed by atoms with Crippen molar-refractivity contribution < 1.29 is 23.1 Å². The molecule has 0 radical (unpaired) electrons. The van der Waals surface area contributed by atoms with Crippen molar-refractivity contribution in [3.05, 3.63) is 28.2 Å². The van der Waals surface area contributed by atoms with Gasteiger partial charge in [-0.05, 0) is 12.1 Å². The Balaban J connectivity index is 2.42. The number of carboxylic acid groups (broad SMARTS) is 1. The molecule has 1 saturated heterocycles. The van der Waals surface area contributed by atoms with E-state index in [-0.39, 0.29) is 28.2 Å². The number of carboxylic acids is 1. The van der Waals surface area contributed by atoms with E-state index in [9.17, 15) is 13.2 Å². The molecule has 1 N–H and O–H groups in total. The number of ether oxygens (including phenoxy) is 1. The number of sulfonamides is 1. The van der Waals surface area contributed by atoms with Crippen LogP contribution in [0.15, 0.2) is 23.1 Å². The third-order valence-corrected chi connectivity index (χ3v) is 6.23. The monoisotopic (exact) mass is 353 g/mol. The molecule has 2 rings (SSSR count). The van der Waals surface area contributed by atoms with E-state index in [0.29, 0.717) is 0 Å². The molecule has 2 atom stereocenters. The highest BCUT2D eigenvalue weighted by Crippen LogP contribution is 2.33. The lowest BCUT2D eigenvalue weighted by Crippen LogP contribution is -2.44. The van der Waals surface area contributed by atoms with Gasteiger partial charge in [0.25, 0.3) is 0 Å². The molecule has 2 unspecified atom stereocenters. The lowest BCUT2D eigenvalue weighted by atomic mass is 10.1. The Bertz CT molecular complexity index is 643. The zero-order chi connectivity index (χ0) is 15.8. The summed E-state index contributed by atoms with van der Waals surface area (Å²) in [4.78, 5) is 10.9. The normalized spacial score (nSPS) is 22.7. The number of carbonyl (C=O) groups is 1. The number of likely N-dealkylation sites (N-methyl/N-ethyl adjacent to an activating group) is 1. The fourth-order valence-corrected chi connectivity index (χ4v) is 4.65. The molecule has 0 aliphatic carbocycles. The van der Waals surface area contributed by atoms with E-state index in [2.05, 4.69) is 0 Å². The van der Waals surface area contributed by atoms with Crippen LogP contribution in [-0.2, 0) is 19.6 Å². The Morgan fingerprint density at radius 1 is 1.33 bits per heavy atom. The van der Waals surface area contributed by atoms with Crippen LogP contribution < -0.4 is 0 Å². The lowest BCUT2D eigenvalue weighted by Gasteiger charge is -2.26. The zero-order valence-electron chi connectivity index (χ0n) is 11.0. The first-order valence-electron chi connectivity index (χ1n) is 5.99. The Morgan fingerprint density at radius 2 is 1.90 bits per heavy atom. The molecule has 9 heteroatoms. The minimum Gasteiger partial charge on any atom is -0.481 e. The van der Waals surface area contributed by atoms with Crippen molar-refractivity contribution in [1.29, 1.82) is 0 Å². The van der Waals surface area contributed by atoms with Crippen LogP contribution >= 0.6 is 23.2 Å². The van der Waals surface area contributed by atoms with Crippen molar-refractivity contribution in [2.24, 2.45) is 5.92 Å². The van der Waals surface area contributed by atoms with Crippen molar-refractivity contribution in [3.63, 3.8) is 0 Å². The maximum absolute atomic E-state index is 12.6. The number of benzene rings is 1. The minimum absolute atomic E-state index is 0.00870. The van der Waals surface area contributed by atoms with Crippen molar-refractivity contribution in [3.8, 4) is 0 Å². The predicted molar refractivity (Wildman–Crippen MR) is 77.1 cm³/mol. The summed E-state index contributed by atoms with van der Waals surface area (Å²) in [6, 6.07) is 3.55. The van der Waals surface area contributed by atoms with Crippen molar-refractivity contribution in [2.45, 2.75) is 10.9 Å². The fourth-order valence-electron chi connectivity index (χ4n) is 2.19. The van der Waals surface area contributed by atoms with E-state index in [1.54, 1.807) is 0 Å². The summed E-state index contributed by atoms with van der Waals surface area (Å²) in [6.45, 7) is -0.0229. The molecule has 1 heterocycles. The molecule has 0 saturated carbocycles. The number of nitrogens with zero attached hydrogens (tertiary/aromatic N) is 1. The smallest absolute Gasteiger partial charge is 0.310 e. The third-order valence-electron chi connectivity index (χ3n) is 3.39. The molecule has 1 aliphatic heterocycles. The summed E-state index contributed by atoms with van der Waals surface area (Å²) < 4.78 is 31.3. The fraction of sp³-hybridized carbons (Fsp3) is 0.417. The van der Waals surface area contributed by atoms with Crippen LogP contribution in [0.2, 0.25) is 10.0 Å². The van der Waals surface area contributed by atoms with Gasteiger partial charge in [-0.25, -0.2) is 8.42 Å². The van der Waals surface area contributed by atoms with Crippen molar-refractivity contribution >= 4 is 39.2 Å². The first kappa shape index (κ1) is 16.5. The summed E-state index contributed by atoms with van der Waals surface area (Å²) in [6.07, 6.45) is 0. The molecule has 21 heavy (non-hydrogen) atoms. The average molecular weight is 354 g/mol. The second-order valence-corrected chi connectivity index (χ2v) is 7.37. The highest BCUT2D eigenvalue weighted by molar-refractivity contribution is 7.89. The van der Waals surface area contributed by atoms with Gasteiger partial charge >= 0.3 is 5.97 Å². The van der Waals surface area contributed by atoms with Gasteiger partial charge in [0.05, 0.1) is 35.2 Å². The molecule has 1 fully saturated rings. The minimum atomic E-state index is -4.02. The molecule has 116 valence electrons. The maximum atomic E-state index is 12.6. The Hall–Kier alpha value is -0.860. The second kappa shape index (κ2) is 6.10. The van der Waals surface area contributed by atoms with Crippen LogP contribution in [-0.4, -0.2) is 50.1 Å². The molecule has 0 spiro atoms. The third kappa shape index (κ3) is 3.02. The predicted octanol–water partition coefficient (Wildman–Crippen LogP) is 1.71. The molecule has 1 aromatic carbocycles. The van der Waals surface area contributed by atoms with Crippen LogP contribution in [0.4, 0.5) is 0 Å². The largest absolute Gasteiger partial charge is 0.481 e. The molecule has 1 aromatic rings. The number of halogens is 2.